The number of para-hydroxylation sites is 1. The fourth-order valence-electron chi connectivity index (χ4n) is 3.38. The molecule has 31 heavy (non-hydrogen) atoms. The predicted molar refractivity (Wildman–Crippen MR) is 114 cm³/mol. The quantitative estimate of drug-likeness (QED) is 0.349. The molecule has 0 bridgehead atoms. The summed E-state index contributed by atoms with van der Waals surface area (Å²) in [4.78, 5) is 12.8. The molecule has 0 saturated heterocycles. The summed E-state index contributed by atoms with van der Waals surface area (Å²) in [5.74, 6) is -0.418. The van der Waals surface area contributed by atoms with Crippen molar-refractivity contribution < 1.29 is 18.0 Å². The molecule has 0 unspecified atom stereocenters. The molecule has 1 amide bonds. The van der Waals surface area contributed by atoms with Crippen LogP contribution in [0.5, 0.6) is 0 Å². The van der Waals surface area contributed by atoms with Crippen LogP contribution in [0.4, 0.5) is 13.2 Å². The zero-order chi connectivity index (χ0) is 22.0. The highest BCUT2D eigenvalue weighted by Crippen LogP contribution is 2.29. The van der Waals surface area contributed by atoms with Gasteiger partial charge < -0.3 is 4.57 Å². The second kappa shape index (κ2) is 8.10. The molecule has 0 spiro atoms. The number of hydrogen-bond acceptors (Lipinski definition) is 2. The van der Waals surface area contributed by atoms with E-state index in [9.17, 15) is 18.0 Å². The molecule has 4 rings (SSSR count). The second-order valence-electron chi connectivity index (χ2n) is 6.99. The smallest absolute Gasteiger partial charge is 0.340 e. The molecular formula is C24H18F3N3O. The first-order valence-electron chi connectivity index (χ1n) is 9.50. The van der Waals surface area contributed by atoms with Crippen molar-refractivity contribution in [3.63, 3.8) is 0 Å². The van der Waals surface area contributed by atoms with Gasteiger partial charge in [0.25, 0.3) is 5.91 Å². The van der Waals surface area contributed by atoms with Crippen LogP contribution in [0, 0.1) is 0 Å². The van der Waals surface area contributed by atoms with Crippen molar-refractivity contribution in [2.45, 2.75) is 6.18 Å². The van der Waals surface area contributed by atoms with Crippen molar-refractivity contribution in [2.24, 2.45) is 12.1 Å². The highest BCUT2D eigenvalue weighted by molar-refractivity contribution is 6.13. The first-order chi connectivity index (χ1) is 14.8. The van der Waals surface area contributed by atoms with Crippen molar-refractivity contribution in [3.05, 3.63) is 107 Å². The van der Waals surface area contributed by atoms with Gasteiger partial charge >= 0.3 is 6.18 Å². The monoisotopic (exact) mass is 421 g/mol. The highest BCUT2D eigenvalue weighted by Gasteiger charge is 2.30. The van der Waals surface area contributed by atoms with Crippen LogP contribution in [0.3, 0.4) is 0 Å². The van der Waals surface area contributed by atoms with Gasteiger partial charge in [0.15, 0.2) is 0 Å². The molecule has 0 fully saturated rings. The van der Waals surface area contributed by atoms with Crippen LogP contribution < -0.4 is 5.43 Å². The van der Waals surface area contributed by atoms with Gasteiger partial charge in [0, 0.05) is 29.1 Å². The van der Waals surface area contributed by atoms with Crippen molar-refractivity contribution >= 4 is 22.5 Å². The van der Waals surface area contributed by atoms with Gasteiger partial charge in [0.1, 0.15) is 5.69 Å². The van der Waals surface area contributed by atoms with Crippen LogP contribution in [0.1, 0.15) is 27.2 Å². The number of carbonyl (C=O) groups is 1. The van der Waals surface area contributed by atoms with E-state index < -0.39 is 17.6 Å². The summed E-state index contributed by atoms with van der Waals surface area (Å²) in [5, 5.41) is 5.19. The molecule has 0 aliphatic heterocycles. The van der Waals surface area contributed by atoms with Gasteiger partial charge in [-0.25, -0.2) is 5.43 Å². The predicted octanol–water partition coefficient (Wildman–Crippen LogP) is 5.38. The molecule has 156 valence electrons. The fraction of sp³-hybridized carbons (Fsp3) is 0.0833. The number of carbonyl (C=O) groups excluding carboxylic acids is 1. The molecule has 0 atom stereocenters. The van der Waals surface area contributed by atoms with Crippen molar-refractivity contribution in [3.8, 4) is 0 Å². The summed E-state index contributed by atoms with van der Waals surface area (Å²) in [6.45, 7) is 0. The zero-order valence-corrected chi connectivity index (χ0v) is 16.5. The average molecular weight is 421 g/mol. The van der Waals surface area contributed by atoms with E-state index in [1.807, 2.05) is 30.3 Å². The minimum atomic E-state index is -4.43. The van der Waals surface area contributed by atoms with E-state index in [-0.39, 0.29) is 0 Å². The van der Waals surface area contributed by atoms with E-state index in [0.717, 1.165) is 23.0 Å². The number of hydrogen-bond donors (Lipinski definition) is 1. The van der Waals surface area contributed by atoms with Gasteiger partial charge in [0.2, 0.25) is 0 Å². The van der Waals surface area contributed by atoms with E-state index in [1.54, 1.807) is 41.9 Å². The molecule has 1 heterocycles. The van der Waals surface area contributed by atoms with Crippen LogP contribution >= 0.6 is 0 Å². The van der Waals surface area contributed by atoms with Gasteiger partial charge in [-0.1, -0.05) is 60.7 Å². The molecule has 0 aliphatic rings. The van der Waals surface area contributed by atoms with Crippen LogP contribution in [-0.4, -0.2) is 16.2 Å². The lowest BCUT2D eigenvalue weighted by Gasteiger charge is -2.11. The minimum Gasteiger partial charge on any atom is -0.340 e. The number of fused-ring (bicyclic) bond motifs is 1. The van der Waals surface area contributed by atoms with E-state index in [2.05, 4.69) is 10.5 Å². The van der Waals surface area contributed by atoms with Crippen molar-refractivity contribution in [1.29, 1.82) is 0 Å². The lowest BCUT2D eigenvalue weighted by molar-refractivity contribution is -0.137. The lowest BCUT2D eigenvalue weighted by atomic mass is 10.0. The molecule has 1 N–H and O–H groups in total. The third-order valence-electron chi connectivity index (χ3n) is 4.99. The molecule has 4 nitrogen and oxygen atoms in total. The first kappa shape index (κ1) is 20.4. The number of rotatable bonds is 4. The summed E-state index contributed by atoms with van der Waals surface area (Å²) in [6, 6.07) is 23.0. The molecule has 1 aromatic heterocycles. The third kappa shape index (κ3) is 4.21. The molecule has 7 heteroatoms. The minimum absolute atomic E-state index is 0.362. The van der Waals surface area contributed by atoms with Crippen molar-refractivity contribution in [1.82, 2.24) is 9.99 Å². The van der Waals surface area contributed by atoms with Crippen LogP contribution in [0.2, 0.25) is 0 Å². The third-order valence-corrected chi connectivity index (χ3v) is 4.99. The number of hydrazone groups is 1. The Morgan fingerprint density at radius 1 is 0.871 bits per heavy atom. The maximum absolute atomic E-state index is 12.9. The Hall–Kier alpha value is -3.87. The Labute approximate surface area is 176 Å². The Balaban J connectivity index is 1.68. The normalized spacial score (nSPS) is 12.2. The van der Waals surface area contributed by atoms with Crippen LogP contribution in [-0.2, 0) is 13.2 Å². The molecule has 4 aromatic rings. The molecule has 0 saturated carbocycles. The average Bonchev–Trinajstić information content (AvgIpc) is 3.11. The summed E-state index contributed by atoms with van der Waals surface area (Å²) < 4.78 is 40.5. The maximum atomic E-state index is 12.9. The number of benzene rings is 3. The fourth-order valence-corrected chi connectivity index (χ4v) is 3.38. The summed E-state index contributed by atoms with van der Waals surface area (Å²) >= 11 is 0. The van der Waals surface area contributed by atoms with Crippen LogP contribution in [0.15, 0.2) is 90.0 Å². The van der Waals surface area contributed by atoms with E-state index in [1.165, 1.54) is 12.1 Å². The number of halogens is 3. The summed E-state index contributed by atoms with van der Waals surface area (Å²) in [7, 11) is 1.79. The maximum Gasteiger partial charge on any atom is 0.416 e. The number of nitrogens with zero attached hydrogens (tertiary/aromatic N) is 2. The Morgan fingerprint density at radius 3 is 2.13 bits per heavy atom. The van der Waals surface area contributed by atoms with E-state index in [4.69, 9.17) is 0 Å². The topological polar surface area (TPSA) is 46.4 Å². The Kier molecular flexibility index (Phi) is 5.33. The van der Waals surface area contributed by atoms with Crippen LogP contribution in [0.25, 0.3) is 10.9 Å². The van der Waals surface area contributed by atoms with Crippen molar-refractivity contribution in [2.75, 3.05) is 0 Å². The van der Waals surface area contributed by atoms with Gasteiger partial charge in [-0.3, -0.25) is 4.79 Å². The standard InChI is InChI=1S/C24H18F3N3O/c1-30-20-10-6-5-9-18(20)15-21(30)23(31)29-28-22(16-7-3-2-4-8-16)17-11-13-19(14-12-17)24(25,26)27/h2-15H,1H3,(H,29,31)/b28-22+. The first-order valence-corrected chi connectivity index (χ1v) is 9.50. The molecule has 3 aromatic carbocycles. The highest BCUT2D eigenvalue weighted by atomic mass is 19.4. The Bertz CT molecular complexity index is 1260. The van der Waals surface area contributed by atoms with E-state index >= 15 is 0 Å². The van der Waals surface area contributed by atoms with Gasteiger partial charge in [-0.2, -0.15) is 18.3 Å². The molecule has 0 radical (unpaired) electrons. The molecular weight excluding hydrogens is 403 g/mol. The number of amides is 1. The van der Waals surface area contributed by atoms with Gasteiger partial charge in [-0.15, -0.1) is 0 Å². The number of nitrogens with one attached hydrogen (secondary N) is 1. The van der Waals surface area contributed by atoms with Gasteiger partial charge in [-0.05, 0) is 24.3 Å². The molecule has 0 aliphatic carbocycles. The van der Waals surface area contributed by atoms with E-state index in [0.29, 0.717) is 22.5 Å². The summed E-state index contributed by atoms with van der Waals surface area (Å²) in [6.07, 6.45) is -4.43. The second-order valence-corrected chi connectivity index (χ2v) is 6.99. The number of alkyl halides is 3. The van der Waals surface area contributed by atoms with Gasteiger partial charge in [0.05, 0.1) is 11.3 Å². The number of aryl methyl sites for hydroxylation is 1. The Morgan fingerprint density at radius 2 is 1.48 bits per heavy atom. The number of aromatic nitrogens is 1. The largest absolute Gasteiger partial charge is 0.416 e. The lowest BCUT2D eigenvalue weighted by Crippen LogP contribution is -2.22. The zero-order valence-electron chi connectivity index (χ0n) is 16.5. The summed E-state index contributed by atoms with van der Waals surface area (Å²) in [5.41, 5.74) is 4.61. The SMILES string of the molecule is Cn1c(C(=O)N/N=C(\c2ccccc2)c2ccc(C(F)(F)F)cc2)cc2ccccc21.